The van der Waals surface area contributed by atoms with Gasteiger partial charge in [0, 0.05) is 37.3 Å². The third-order valence-electron chi connectivity index (χ3n) is 5.58. The van der Waals surface area contributed by atoms with E-state index in [1.807, 2.05) is 11.8 Å². The van der Waals surface area contributed by atoms with Gasteiger partial charge in [0.05, 0.1) is 25.7 Å². The number of anilines is 1. The lowest BCUT2D eigenvalue weighted by Gasteiger charge is -2.40. The first-order valence-electron chi connectivity index (χ1n) is 11.1. The Labute approximate surface area is 212 Å². The van der Waals surface area contributed by atoms with Gasteiger partial charge in [-0.25, -0.2) is 9.97 Å². The highest BCUT2D eigenvalue weighted by Gasteiger charge is 2.29. The fourth-order valence-corrected chi connectivity index (χ4v) is 4.67. The molecule has 3 heterocycles. The monoisotopic (exact) mass is 515 g/mol. The number of carbonyl (C=O) groups is 2. The number of amides is 2. The molecule has 2 aromatic heterocycles. The molecule has 1 N–H and O–H groups in total. The van der Waals surface area contributed by atoms with Crippen LogP contribution in [0.25, 0.3) is 0 Å². The Morgan fingerprint density at radius 3 is 2.71 bits per heavy atom. The van der Waals surface area contributed by atoms with Crippen molar-refractivity contribution in [3.05, 3.63) is 65.2 Å². The number of ether oxygens (including phenoxy) is 1. The van der Waals surface area contributed by atoms with Gasteiger partial charge in [-0.05, 0) is 43.3 Å². The summed E-state index contributed by atoms with van der Waals surface area (Å²) in [7, 11) is 1.60. The maximum atomic E-state index is 13.0. The topological polar surface area (TPSA) is 101 Å². The van der Waals surface area contributed by atoms with Crippen LogP contribution in [-0.2, 0) is 11.3 Å². The van der Waals surface area contributed by atoms with E-state index < -0.39 is 0 Å². The molecule has 1 saturated heterocycles. The van der Waals surface area contributed by atoms with Gasteiger partial charge in [0.1, 0.15) is 22.5 Å². The van der Waals surface area contributed by atoms with Crippen molar-refractivity contribution in [1.29, 1.82) is 0 Å². The Morgan fingerprint density at radius 1 is 1.23 bits per heavy atom. The predicted molar refractivity (Wildman–Crippen MR) is 134 cm³/mol. The standard InChI is InChI=1S/C24H26ClN5O4S/c1-16-14-29(9-10-30(16)23(32)17-5-7-18(33-2)8-6-17)21-12-20(25)27-24(28-21)35-15-22(31)26-13-19-4-3-11-34-19/h3-8,11-12,16H,9-10,13-15H2,1-2H3,(H,26,31). The van der Waals surface area contributed by atoms with Crippen LogP contribution in [0.4, 0.5) is 5.82 Å². The van der Waals surface area contributed by atoms with Gasteiger partial charge < -0.3 is 24.3 Å². The Morgan fingerprint density at radius 2 is 2.03 bits per heavy atom. The van der Waals surface area contributed by atoms with E-state index in [9.17, 15) is 9.59 Å². The highest BCUT2D eigenvalue weighted by molar-refractivity contribution is 7.99. The van der Waals surface area contributed by atoms with E-state index in [1.54, 1.807) is 55.8 Å². The summed E-state index contributed by atoms with van der Waals surface area (Å²) in [5.74, 6) is 2.05. The Hall–Kier alpha value is -3.24. The molecule has 0 spiro atoms. The molecule has 9 nitrogen and oxygen atoms in total. The molecule has 2 amide bonds. The number of benzene rings is 1. The number of halogens is 1. The average molecular weight is 516 g/mol. The number of furan rings is 1. The Bertz CT molecular complexity index is 1160. The van der Waals surface area contributed by atoms with E-state index in [4.69, 9.17) is 20.8 Å². The molecule has 11 heteroatoms. The van der Waals surface area contributed by atoms with Crippen LogP contribution in [0.2, 0.25) is 5.15 Å². The quantitative estimate of drug-likeness (QED) is 0.276. The number of nitrogens with one attached hydrogen (secondary N) is 1. The van der Waals surface area contributed by atoms with Gasteiger partial charge in [-0.15, -0.1) is 0 Å². The zero-order valence-corrected chi connectivity index (χ0v) is 21.0. The van der Waals surface area contributed by atoms with Crippen LogP contribution in [0.15, 0.2) is 58.3 Å². The highest BCUT2D eigenvalue weighted by Crippen LogP contribution is 2.25. The summed E-state index contributed by atoms with van der Waals surface area (Å²) >= 11 is 7.47. The third kappa shape index (κ3) is 6.46. The number of rotatable bonds is 8. The largest absolute Gasteiger partial charge is 0.497 e. The number of hydrogen-bond acceptors (Lipinski definition) is 8. The molecule has 3 aromatic rings. The van der Waals surface area contributed by atoms with Gasteiger partial charge in [0.25, 0.3) is 5.91 Å². The first kappa shape index (κ1) is 24.9. The van der Waals surface area contributed by atoms with E-state index >= 15 is 0 Å². The number of thioether (sulfide) groups is 1. The molecular formula is C24H26ClN5O4S. The molecule has 1 aliphatic heterocycles. The number of carbonyl (C=O) groups excluding carboxylic acids is 2. The van der Waals surface area contributed by atoms with Crippen molar-refractivity contribution in [2.75, 3.05) is 37.4 Å². The van der Waals surface area contributed by atoms with Crippen LogP contribution in [0, 0.1) is 0 Å². The minimum Gasteiger partial charge on any atom is -0.497 e. The minimum absolute atomic E-state index is 0.0164. The molecule has 4 rings (SSSR count). The van der Waals surface area contributed by atoms with Crippen LogP contribution in [0.1, 0.15) is 23.0 Å². The van der Waals surface area contributed by atoms with Crippen molar-refractivity contribution >= 4 is 41.0 Å². The maximum absolute atomic E-state index is 13.0. The third-order valence-corrected chi connectivity index (χ3v) is 6.62. The van der Waals surface area contributed by atoms with Gasteiger partial charge in [0.2, 0.25) is 5.91 Å². The SMILES string of the molecule is COc1ccc(C(=O)N2CCN(c3cc(Cl)nc(SCC(=O)NCc4ccco4)n3)CC2C)cc1. The first-order valence-corrected chi connectivity index (χ1v) is 12.5. The van der Waals surface area contributed by atoms with Crippen LogP contribution < -0.4 is 15.0 Å². The van der Waals surface area contributed by atoms with E-state index in [2.05, 4.69) is 20.2 Å². The number of nitrogens with zero attached hydrogens (tertiary/aromatic N) is 4. The van der Waals surface area contributed by atoms with E-state index in [0.29, 0.717) is 59.4 Å². The summed E-state index contributed by atoms with van der Waals surface area (Å²) < 4.78 is 10.4. The molecule has 0 radical (unpaired) electrons. The molecule has 0 bridgehead atoms. The molecule has 1 aromatic carbocycles. The normalized spacial score (nSPS) is 15.7. The maximum Gasteiger partial charge on any atom is 0.254 e. The average Bonchev–Trinajstić information content (AvgIpc) is 3.39. The first-order chi connectivity index (χ1) is 16.9. The van der Waals surface area contributed by atoms with E-state index in [-0.39, 0.29) is 23.6 Å². The second-order valence-electron chi connectivity index (χ2n) is 8.00. The summed E-state index contributed by atoms with van der Waals surface area (Å²) in [5.41, 5.74) is 0.625. The number of methoxy groups -OCH3 is 1. The van der Waals surface area contributed by atoms with Gasteiger partial charge in [0.15, 0.2) is 5.16 Å². The molecule has 35 heavy (non-hydrogen) atoms. The molecule has 1 aliphatic rings. The molecule has 0 aliphatic carbocycles. The van der Waals surface area contributed by atoms with Crippen LogP contribution in [-0.4, -0.2) is 65.2 Å². The van der Waals surface area contributed by atoms with Crippen molar-refractivity contribution in [1.82, 2.24) is 20.2 Å². The van der Waals surface area contributed by atoms with Crippen molar-refractivity contribution in [3.8, 4) is 5.75 Å². The molecule has 1 unspecified atom stereocenters. The molecule has 184 valence electrons. The molecule has 1 atom stereocenters. The van der Waals surface area contributed by atoms with E-state index in [0.717, 1.165) is 0 Å². The summed E-state index contributed by atoms with van der Waals surface area (Å²) in [6.07, 6.45) is 1.56. The van der Waals surface area contributed by atoms with Crippen molar-refractivity contribution < 1.29 is 18.7 Å². The van der Waals surface area contributed by atoms with Gasteiger partial charge in [-0.2, -0.15) is 0 Å². The second kappa shape index (κ2) is 11.5. The fraction of sp³-hybridized carbons (Fsp3) is 0.333. The van der Waals surface area contributed by atoms with E-state index in [1.165, 1.54) is 11.8 Å². The number of aromatic nitrogens is 2. The van der Waals surface area contributed by atoms with Crippen LogP contribution >= 0.6 is 23.4 Å². The second-order valence-corrected chi connectivity index (χ2v) is 9.33. The Balaban J connectivity index is 1.34. The summed E-state index contributed by atoms with van der Waals surface area (Å²) in [4.78, 5) is 38.0. The molecule has 0 saturated carbocycles. The van der Waals surface area contributed by atoms with Crippen molar-refractivity contribution in [3.63, 3.8) is 0 Å². The minimum atomic E-state index is -0.157. The zero-order valence-electron chi connectivity index (χ0n) is 19.4. The van der Waals surface area contributed by atoms with Crippen LogP contribution in [0.5, 0.6) is 5.75 Å². The van der Waals surface area contributed by atoms with Gasteiger partial charge in [-0.3, -0.25) is 9.59 Å². The van der Waals surface area contributed by atoms with Crippen molar-refractivity contribution in [2.45, 2.75) is 24.7 Å². The van der Waals surface area contributed by atoms with Gasteiger partial charge in [-0.1, -0.05) is 23.4 Å². The molecular weight excluding hydrogens is 490 g/mol. The zero-order chi connectivity index (χ0) is 24.8. The summed E-state index contributed by atoms with van der Waals surface area (Å²) in [5, 5.41) is 3.52. The van der Waals surface area contributed by atoms with Gasteiger partial charge >= 0.3 is 0 Å². The summed E-state index contributed by atoms with van der Waals surface area (Å²) in [6, 6.07) is 12.4. The highest BCUT2D eigenvalue weighted by atomic mass is 35.5. The lowest BCUT2D eigenvalue weighted by molar-refractivity contribution is -0.118. The van der Waals surface area contributed by atoms with Crippen LogP contribution in [0.3, 0.4) is 0 Å². The smallest absolute Gasteiger partial charge is 0.254 e. The lowest BCUT2D eigenvalue weighted by Crippen LogP contribution is -2.54. The van der Waals surface area contributed by atoms with Crippen molar-refractivity contribution in [2.24, 2.45) is 0 Å². The number of hydrogen-bond donors (Lipinski definition) is 1. The fourth-order valence-electron chi connectivity index (χ4n) is 3.76. The summed E-state index contributed by atoms with van der Waals surface area (Å²) in [6.45, 7) is 4.09. The predicted octanol–water partition coefficient (Wildman–Crippen LogP) is 3.49. The number of piperazine rings is 1. The molecule has 1 fully saturated rings. The lowest BCUT2D eigenvalue weighted by atomic mass is 10.1. The Kier molecular flexibility index (Phi) is 8.14.